The molecule has 0 saturated heterocycles. The quantitative estimate of drug-likeness (QED) is 0.527. The predicted octanol–water partition coefficient (Wildman–Crippen LogP) is 3.18. The molecule has 126 valence electrons. The summed E-state index contributed by atoms with van der Waals surface area (Å²) in [6.45, 7) is 0. The molecule has 2 aromatic carbocycles. The van der Waals surface area contributed by atoms with E-state index >= 15 is 0 Å². The highest BCUT2D eigenvalue weighted by molar-refractivity contribution is 6.35. The van der Waals surface area contributed by atoms with Gasteiger partial charge < -0.3 is 11.1 Å². The average molecular weight is 358 g/mol. The van der Waals surface area contributed by atoms with Gasteiger partial charge in [0.15, 0.2) is 16.7 Å². The molecule has 3 rings (SSSR count). The van der Waals surface area contributed by atoms with Gasteiger partial charge in [0, 0.05) is 0 Å². The van der Waals surface area contributed by atoms with Crippen molar-refractivity contribution in [3.05, 3.63) is 69.7 Å². The van der Waals surface area contributed by atoms with E-state index in [-0.39, 0.29) is 16.7 Å². The third-order valence-electron chi connectivity index (χ3n) is 3.28. The van der Waals surface area contributed by atoms with Crippen LogP contribution in [0, 0.1) is 10.1 Å². The Morgan fingerprint density at radius 2 is 1.76 bits per heavy atom. The topological polar surface area (TPSA) is 123 Å². The first-order valence-electron chi connectivity index (χ1n) is 7.08. The van der Waals surface area contributed by atoms with Crippen molar-refractivity contribution >= 4 is 40.3 Å². The molecule has 1 heterocycles. The molecule has 3 N–H and O–H groups in total. The molecule has 1 aromatic heterocycles. The van der Waals surface area contributed by atoms with Crippen molar-refractivity contribution in [2.24, 2.45) is 0 Å². The van der Waals surface area contributed by atoms with Crippen molar-refractivity contribution in [1.29, 1.82) is 0 Å². The van der Waals surface area contributed by atoms with E-state index in [1.54, 1.807) is 54.6 Å². The maximum Gasteiger partial charge on any atom is 0.177 e. The molecule has 0 spiro atoms. The molecule has 0 aliphatic rings. The van der Waals surface area contributed by atoms with Crippen molar-refractivity contribution in [1.82, 2.24) is 15.4 Å². The van der Waals surface area contributed by atoms with E-state index in [1.807, 2.05) is 0 Å². The molecular formula is C15H12ClN7O2. The molecule has 0 unspecified atom stereocenters. The first kappa shape index (κ1) is 16.4. The van der Waals surface area contributed by atoms with Gasteiger partial charge in [0.05, 0.1) is 5.69 Å². The fourth-order valence-electron chi connectivity index (χ4n) is 2.19. The number of hydrogen-bond donors (Lipinski definition) is 2. The number of hydrogen-bond acceptors (Lipinski definition) is 7. The third kappa shape index (κ3) is 3.40. The fourth-order valence-corrected chi connectivity index (χ4v) is 2.31. The van der Waals surface area contributed by atoms with Crippen molar-refractivity contribution < 1.29 is 5.03 Å². The van der Waals surface area contributed by atoms with Gasteiger partial charge in [-0.05, 0) is 29.5 Å². The predicted molar refractivity (Wildman–Crippen MR) is 94.5 cm³/mol. The van der Waals surface area contributed by atoms with Gasteiger partial charge in [-0.3, -0.25) is 0 Å². The minimum Gasteiger partial charge on any atom is -0.381 e. The molecule has 10 heteroatoms. The lowest BCUT2D eigenvalue weighted by molar-refractivity contribution is -0.483. The molecule has 25 heavy (non-hydrogen) atoms. The second-order valence-corrected chi connectivity index (χ2v) is 5.24. The summed E-state index contributed by atoms with van der Waals surface area (Å²) in [6, 6.07) is 15.2. The lowest BCUT2D eigenvalue weighted by Crippen LogP contribution is -2.25. The van der Waals surface area contributed by atoms with Crippen LogP contribution < -0.4 is 16.1 Å². The number of anilines is 5. The Hall–Kier alpha value is -3.46. The number of benzene rings is 2. The van der Waals surface area contributed by atoms with Crippen LogP contribution in [0.3, 0.4) is 0 Å². The molecule has 9 nitrogen and oxygen atoms in total. The lowest BCUT2D eigenvalue weighted by atomic mass is 10.2. The van der Waals surface area contributed by atoms with Gasteiger partial charge >= 0.3 is 0 Å². The maximum atomic E-state index is 11.6. The third-order valence-corrected chi connectivity index (χ3v) is 3.65. The van der Waals surface area contributed by atoms with Crippen LogP contribution in [0.2, 0.25) is 5.02 Å². The number of hydrazine groups is 1. The SMILES string of the molecule is Nc1nnnc(Nc2ccccc2N(c2ccccc2)[N+](=O)[O-])c1Cl. The van der Waals surface area contributed by atoms with Crippen LogP contribution in [0.25, 0.3) is 0 Å². The summed E-state index contributed by atoms with van der Waals surface area (Å²) in [4.78, 5) is 11.6. The lowest BCUT2D eigenvalue weighted by Gasteiger charge is -2.18. The Bertz CT molecular complexity index is 907. The largest absolute Gasteiger partial charge is 0.381 e. The van der Waals surface area contributed by atoms with Crippen molar-refractivity contribution in [2.45, 2.75) is 0 Å². The number of nitrogen functional groups attached to an aromatic ring is 1. The van der Waals surface area contributed by atoms with Crippen LogP contribution in [-0.4, -0.2) is 20.4 Å². The van der Waals surface area contributed by atoms with Crippen LogP contribution in [-0.2, 0) is 0 Å². The monoisotopic (exact) mass is 357 g/mol. The Morgan fingerprint density at radius 3 is 2.48 bits per heavy atom. The molecule has 0 saturated carbocycles. The Labute approximate surface area is 147 Å². The van der Waals surface area contributed by atoms with E-state index in [1.165, 1.54) is 0 Å². The van der Waals surface area contributed by atoms with Crippen LogP contribution in [0.1, 0.15) is 0 Å². The summed E-state index contributed by atoms with van der Waals surface area (Å²) in [5.74, 6) is 0.156. The van der Waals surface area contributed by atoms with E-state index in [9.17, 15) is 10.1 Å². The normalized spacial score (nSPS) is 10.3. The van der Waals surface area contributed by atoms with E-state index < -0.39 is 5.03 Å². The number of halogens is 1. The number of nitrogens with zero attached hydrogens (tertiary/aromatic N) is 5. The Kier molecular flexibility index (Phi) is 4.57. The summed E-state index contributed by atoms with van der Waals surface area (Å²) >= 11 is 6.05. The second kappa shape index (κ2) is 6.97. The van der Waals surface area contributed by atoms with Crippen LogP contribution >= 0.6 is 11.6 Å². The summed E-state index contributed by atoms with van der Waals surface area (Å²) in [6.07, 6.45) is 0. The minimum absolute atomic E-state index is 0.00541. The summed E-state index contributed by atoms with van der Waals surface area (Å²) in [5.41, 5.74) is 6.71. The van der Waals surface area contributed by atoms with Gasteiger partial charge in [-0.15, -0.1) is 10.2 Å². The highest BCUT2D eigenvalue weighted by Gasteiger charge is 2.23. The van der Waals surface area contributed by atoms with Gasteiger partial charge in [0.1, 0.15) is 16.4 Å². The Morgan fingerprint density at radius 1 is 1.08 bits per heavy atom. The zero-order chi connectivity index (χ0) is 17.8. The van der Waals surface area contributed by atoms with E-state index in [0.717, 1.165) is 5.01 Å². The summed E-state index contributed by atoms with van der Waals surface area (Å²) in [5, 5.41) is 25.9. The Balaban J connectivity index is 2.06. The van der Waals surface area contributed by atoms with Crippen LogP contribution in [0.5, 0.6) is 0 Å². The molecule has 0 fully saturated rings. The zero-order valence-electron chi connectivity index (χ0n) is 12.7. The first-order chi connectivity index (χ1) is 12.1. The molecule has 0 aliphatic heterocycles. The van der Waals surface area contributed by atoms with E-state index in [2.05, 4.69) is 20.7 Å². The van der Waals surface area contributed by atoms with Gasteiger partial charge in [-0.25, -0.2) is 10.1 Å². The number of nitrogens with two attached hydrogens (primary N) is 1. The number of aromatic nitrogens is 3. The second-order valence-electron chi connectivity index (χ2n) is 4.86. The van der Waals surface area contributed by atoms with Crippen molar-refractivity contribution in [3.8, 4) is 0 Å². The highest BCUT2D eigenvalue weighted by Crippen LogP contribution is 2.35. The maximum absolute atomic E-state index is 11.6. The first-order valence-corrected chi connectivity index (χ1v) is 7.45. The molecule has 3 aromatic rings. The number of nitro groups is 1. The molecule has 0 radical (unpaired) electrons. The standard InChI is InChI=1S/C15H12ClN7O2/c16-13-14(17)19-21-20-15(13)18-11-8-4-5-9-12(11)22(23(24)25)10-6-2-1-3-7-10/h1-9H,(H3,17,18,19,20). The molecule has 0 aliphatic carbocycles. The zero-order valence-corrected chi connectivity index (χ0v) is 13.5. The van der Waals surface area contributed by atoms with E-state index in [4.69, 9.17) is 17.3 Å². The molecular weight excluding hydrogens is 346 g/mol. The van der Waals surface area contributed by atoms with Gasteiger partial charge in [-0.2, -0.15) is 0 Å². The van der Waals surface area contributed by atoms with Crippen molar-refractivity contribution in [2.75, 3.05) is 16.1 Å². The number of nitrogens with one attached hydrogen (secondary N) is 1. The highest BCUT2D eigenvalue weighted by atomic mass is 35.5. The van der Waals surface area contributed by atoms with Crippen LogP contribution in [0.4, 0.5) is 28.7 Å². The summed E-state index contributed by atoms with van der Waals surface area (Å²) < 4.78 is 0. The average Bonchev–Trinajstić information content (AvgIpc) is 2.61. The number of rotatable bonds is 5. The van der Waals surface area contributed by atoms with Crippen LogP contribution in [0.15, 0.2) is 54.6 Å². The minimum atomic E-state index is -0.510. The molecule has 0 atom stereocenters. The molecule has 0 bridgehead atoms. The summed E-state index contributed by atoms with van der Waals surface area (Å²) in [7, 11) is 0. The fraction of sp³-hybridized carbons (Fsp3) is 0. The number of para-hydroxylation sites is 3. The molecule has 0 amide bonds. The van der Waals surface area contributed by atoms with Gasteiger partial charge in [-0.1, -0.05) is 46.9 Å². The van der Waals surface area contributed by atoms with Gasteiger partial charge in [0.2, 0.25) is 0 Å². The van der Waals surface area contributed by atoms with Gasteiger partial charge in [0.25, 0.3) is 0 Å². The van der Waals surface area contributed by atoms with E-state index in [0.29, 0.717) is 17.1 Å². The smallest absolute Gasteiger partial charge is 0.177 e. The van der Waals surface area contributed by atoms with Crippen molar-refractivity contribution in [3.63, 3.8) is 0 Å².